The molecular formula is C26H26N2O3S. The molecule has 1 aliphatic heterocycles. The van der Waals surface area contributed by atoms with Gasteiger partial charge in [0.25, 0.3) is 0 Å². The maximum Gasteiger partial charge on any atom is 0.169 e. The molecule has 4 rings (SSSR count). The standard InChI is InChI=1S/C26H26N2O3S/c1-3-31-25-14-9-20(16-24(25)29)15-23-18-28(21-10-12-22(30-2)13-11-21)26(32-23)27-17-19-7-5-4-6-8-19/h4-16,29H,3,17-18H2,1-2H3/b23-15-,27-26-. The lowest BCUT2D eigenvalue weighted by Gasteiger charge is -2.18. The molecule has 1 heterocycles. The number of anilines is 1. The molecule has 0 bridgehead atoms. The number of amidine groups is 1. The van der Waals surface area contributed by atoms with Crippen LogP contribution in [0.3, 0.4) is 0 Å². The molecule has 1 N–H and O–H groups in total. The van der Waals surface area contributed by atoms with Crippen LogP contribution >= 0.6 is 11.8 Å². The number of benzene rings is 3. The quantitative estimate of drug-likeness (QED) is 0.486. The third-order valence-electron chi connectivity index (χ3n) is 5.00. The van der Waals surface area contributed by atoms with E-state index in [0.29, 0.717) is 25.4 Å². The first-order chi connectivity index (χ1) is 15.7. The number of ether oxygens (including phenoxy) is 2. The Morgan fingerprint density at radius 1 is 1.06 bits per heavy atom. The van der Waals surface area contributed by atoms with Gasteiger partial charge in [-0.1, -0.05) is 48.2 Å². The highest BCUT2D eigenvalue weighted by molar-refractivity contribution is 8.18. The number of hydrogen-bond acceptors (Lipinski definition) is 5. The van der Waals surface area contributed by atoms with Crippen LogP contribution in [0.1, 0.15) is 18.1 Å². The predicted molar refractivity (Wildman–Crippen MR) is 133 cm³/mol. The van der Waals surface area contributed by atoms with E-state index in [1.807, 2.05) is 55.5 Å². The summed E-state index contributed by atoms with van der Waals surface area (Å²) in [5.41, 5.74) is 3.15. The van der Waals surface area contributed by atoms with E-state index < -0.39 is 0 Å². The highest BCUT2D eigenvalue weighted by Crippen LogP contribution is 2.36. The fourth-order valence-electron chi connectivity index (χ4n) is 3.41. The third-order valence-corrected chi connectivity index (χ3v) is 6.04. The van der Waals surface area contributed by atoms with Crippen LogP contribution in [-0.4, -0.2) is 30.5 Å². The smallest absolute Gasteiger partial charge is 0.169 e. The first kappa shape index (κ1) is 21.8. The van der Waals surface area contributed by atoms with E-state index >= 15 is 0 Å². The normalized spacial score (nSPS) is 16.0. The molecule has 5 nitrogen and oxygen atoms in total. The van der Waals surface area contributed by atoms with Crippen molar-refractivity contribution in [1.29, 1.82) is 0 Å². The van der Waals surface area contributed by atoms with Crippen molar-refractivity contribution < 1.29 is 14.6 Å². The summed E-state index contributed by atoms with van der Waals surface area (Å²) in [6.07, 6.45) is 2.08. The van der Waals surface area contributed by atoms with Crippen LogP contribution < -0.4 is 14.4 Å². The van der Waals surface area contributed by atoms with Gasteiger partial charge in [0.15, 0.2) is 16.7 Å². The SMILES string of the molecule is CCOc1ccc(/C=C2/CN(c3ccc(OC)cc3)/C(=N/Cc3ccccc3)S2)cc1O. The monoisotopic (exact) mass is 446 g/mol. The van der Waals surface area contributed by atoms with Crippen LogP contribution in [0.4, 0.5) is 5.69 Å². The minimum atomic E-state index is 0.147. The van der Waals surface area contributed by atoms with Gasteiger partial charge in [0.05, 0.1) is 26.8 Å². The van der Waals surface area contributed by atoms with Gasteiger partial charge in [0, 0.05) is 10.6 Å². The number of methoxy groups -OCH3 is 1. The number of thioether (sulfide) groups is 1. The van der Waals surface area contributed by atoms with Gasteiger partial charge in [0.1, 0.15) is 5.75 Å². The largest absolute Gasteiger partial charge is 0.504 e. The van der Waals surface area contributed by atoms with Gasteiger partial charge in [-0.3, -0.25) is 4.99 Å². The first-order valence-corrected chi connectivity index (χ1v) is 11.3. The van der Waals surface area contributed by atoms with Gasteiger partial charge in [0.2, 0.25) is 0 Å². The molecule has 164 valence electrons. The highest BCUT2D eigenvalue weighted by Gasteiger charge is 2.25. The van der Waals surface area contributed by atoms with Gasteiger partial charge in [-0.15, -0.1) is 0 Å². The molecule has 0 amide bonds. The average molecular weight is 447 g/mol. The predicted octanol–water partition coefficient (Wildman–Crippen LogP) is 5.95. The molecule has 3 aromatic carbocycles. The Morgan fingerprint density at radius 2 is 1.84 bits per heavy atom. The van der Waals surface area contributed by atoms with Crippen LogP contribution in [-0.2, 0) is 6.54 Å². The second-order valence-electron chi connectivity index (χ2n) is 7.24. The summed E-state index contributed by atoms with van der Waals surface area (Å²) in [6.45, 7) is 3.74. The minimum absolute atomic E-state index is 0.147. The van der Waals surface area contributed by atoms with E-state index in [-0.39, 0.29) is 5.75 Å². The van der Waals surface area contributed by atoms with Gasteiger partial charge in [-0.2, -0.15) is 0 Å². The molecule has 1 aliphatic rings. The van der Waals surface area contributed by atoms with E-state index in [0.717, 1.165) is 27.1 Å². The third kappa shape index (κ3) is 5.26. The molecule has 0 spiro atoms. The van der Waals surface area contributed by atoms with Crippen LogP contribution in [0.25, 0.3) is 6.08 Å². The van der Waals surface area contributed by atoms with Crippen LogP contribution in [0.2, 0.25) is 0 Å². The summed E-state index contributed by atoms with van der Waals surface area (Å²) in [4.78, 5) is 8.26. The minimum Gasteiger partial charge on any atom is -0.504 e. The molecule has 1 saturated heterocycles. The average Bonchev–Trinajstić information content (AvgIpc) is 3.23. The van der Waals surface area contributed by atoms with Gasteiger partial charge < -0.3 is 19.5 Å². The fraction of sp³-hybridized carbons (Fsp3) is 0.192. The van der Waals surface area contributed by atoms with E-state index in [9.17, 15) is 5.11 Å². The summed E-state index contributed by atoms with van der Waals surface area (Å²) >= 11 is 1.65. The summed E-state index contributed by atoms with van der Waals surface area (Å²) in [7, 11) is 1.67. The topological polar surface area (TPSA) is 54.3 Å². The molecule has 0 unspecified atom stereocenters. The Hall–Kier alpha value is -3.38. The van der Waals surface area contributed by atoms with Crippen LogP contribution in [0.5, 0.6) is 17.2 Å². The molecule has 0 aromatic heterocycles. The summed E-state index contributed by atoms with van der Waals surface area (Å²) < 4.78 is 10.7. The fourth-order valence-corrected chi connectivity index (χ4v) is 4.45. The second-order valence-corrected chi connectivity index (χ2v) is 8.34. The van der Waals surface area contributed by atoms with Gasteiger partial charge in [-0.25, -0.2) is 0 Å². The number of aromatic hydroxyl groups is 1. The lowest BCUT2D eigenvalue weighted by Crippen LogP contribution is -2.23. The molecule has 1 fully saturated rings. The Kier molecular flexibility index (Phi) is 7.02. The molecule has 0 saturated carbocycles. The van der Waals surface area contributed by atoms with Crippen molar-refractivity contribution in [3.05, 3.63) is 88.8 Å². The molecule has 0 radical (unpaired) electrons. The Labute approximate surface area is 193 Å². The van der Waals surface area contributed by atoms with E-state index in [4.69, 9.17) is 14.5 Å². The first-order valence-electron chi connectivity index (χ1n) is 10.5. The number of phenolic OH excluding ortho intramolecular Hbond substituents is 1. The maximum absolute atomic E-state index is 10.2. The number of nitrogens with zero attached hydrogens (tertiary/aromatic N) is 2. The number of aliphatic imine (C=N–C) groups is 1. The van der Waals surface area contributed by atoms with Gasteiger partial charge in [-0.05, 0) is 60.5 Å². The van der Waals surface area contributed by atoms with Crippen molar-refractivity contribution in [3.63, 3.8) is 0 Å². The lowest BCUT2D eigenvalue weighted by atomic mass is 10.2. The summed E-state index contributed by atoms with van der Waals surface area (Å²) in [6, 6.07) is 23.7. The highest BCUT2D eigenvalue weighted by atomic mass is 32.2. The number of hydrogen-bond donors (Lipinski definition) is 1. The number of rotatable bonds is 7. The molecule has 32 heavy (non-hydrogen) atoms. The second kappa shape index (κ2) is 10.3. The zero-order chi connectivity index (χ0) is 22.3. The van der Waals surface area contributed by atoms with Crippen molar-refractivity contribution >= 4 is 28.7 Å². The molecule has 0 atom stereocenters. The van der Waals surface area contributed by atoms with Crippen LogP contribution in [0, 0.1) is 0 Å². The van der Waals surface area contributed by atoms with Crippen molar-refractivity contribution in [3.8, 4) is 17.2 Å². The molecule has 0 aliphatic carbocycles. The van der Waals surface area contributed by atoms with Gasteiger partial charge >= 0.3 is 0 Å². The lowest BCUT2D eigenvalue weighted by molar-refractivity contribution is 0.318. The van der Waals surface area contributed by atoms with E-state index in [1.54, 1.807) is 31.0 Å². The van der Waals surface area contributed by atoms with Crippen molar-refractivity contribution in [2.24, 2.45) is 4.99 Å². The Morgan fingerprint density at radius 3 is 2.53 bits per heavy atom. The van der Waals surface area contributed by atoms with Crippen molar-refractivity contribution in [2.75, 3.05) is 25.2 Å². The summed E-state index contributed by atoms with van der Waals surface area (Å²) in [5.74, 6) is 1.47. The maximum atomic E-state index is 10.2. The van der Waals surface area contributed by atoms with Crippen molar-refractivity contribution in [1.82, 2.24) is 0 Å². The van der Waals surface area contributed by atoms with Crippen molar-refractivity contribution in [2.45, 2.75) is 13.5 Å². The molecule has 6 heteroatoms. The number of phenols is 1. The zero-order valence-corrected chi connectivity index (χ0v) is 19.0. The summed E-state index contributed by atoms with van der Waals surface area (Å²) in [5, 5.41) is 11.2. The van der Waals surface area contributed by atoms with E-state index in [1.165, 1.54) is 5.56 Å². The zero-order valence-electron chi connectivity index (χ0n) is 18.2. The Bertz CT molecular complexity index is 1110. The molecular weight excluding hydrogens is 420 g/mol. The Balaban J connectivity index is 1.61. The molecule has 3 aromatic rings. The van der Waals surface area contributed by atoms with E-state index in [2.05, 4.69) is 23.1 Å². The van der Waals surface area contributed by atoms with Crippen LogP contribution in [0.15, 0.2) is 82.7 Å².